The van der Waals surface area contributed by atoms with Crippen LogP contribution in [0.3, 0.4) is 0 Å². The molecule has 1 aliphatic rings. The van der Waals surface area contributed by atoms with E-state index in [9.17, 15) is 4.79 Å². The number of benzene rings is 1. The highest BCUT2D eigenvalue weighted by atomic mass is 16.5. The van der Waals surface area contributed by atoms with Crippen LogP contribution in [0, 0.1) is 6.92 Å². The molecule has 4 nitrogen and oxygen atoms in total. The van der Waals surface area contributed by atoms with E-state index in [4.69, 9.17) is 4.74 Å². The van der Waals surface area contributed by atoms with Gasteiger partial charge < -0.3 is 10.1 Å². The lowest BCUT2D eigenvalue weighted by atomic mass is 10.0. The van der Waals surface area contributed by atoms with Gasteiger partial charge in [-0.1, -0.05) is 6.07 Å². The van der Waals surface area contributed by atoms with Gasteiger partial charge in [-0.15, -0.1) is 0 Å². The molecule has 114 valence electrons. The molecule has 0 saturated heterocycles. The zero-order valence-electron chi connectivity index (χ0n) is 12.9. The average molecular weight is 296 g/mol. The number of nitrogens with one attached hydrogen (secondary N) is 1. The Bertz CT molecular complexity index is 693. The smallest absolute Gasteiger partial charge is 0.340 e. The largest absolute Gasteiger partial charge is 0.462 e. The van der Waals surface area contributed by atoms with Crippen molar-refractivity contribution in [3.8, 4) is 0 Å². The molecule has 0 bridgehead atoms. The SMILES string of the molecule is CCOC(=O)c1cc(C2CC2)ccc1Nc1cncc(C)c1. The van der Waals surface area contributed by atoms with E-state index < -0.39 is 0 Å². The molecular weight excluding hydrogens is 276 g/mol. The number of pyridine rings is 1. The normalized spacial score (nSPS) is 13.7. The van der Waals surface area contributed by atoms with Gasteiger partial charge in [-0.05, 0) is 61.9 Å². The first-order valence-electron chi connectivity index (χ1n) is 7.67. The minimum Gasteiger partial charge on any atom is -0.462 e. The Balaban J connectivity index is 1.92. The molecule has 1 heterocycles. The molecule has 0 unspecified atom stereocenters. The number of aromatic nitrogens is 1. The molecule has 1 aromatic heterocycles. The van der Waals surface area contributed by atoms with Gasteiger partial charge in [0.1, 0.15) is 0 Å². The van der Waals surface area contributed by atoms with Crippen molar-refractivity contribution >= 4 is 17.3 Å². The van der Waals surface area contributed by atoms with Crippen LogP contribution in [0.15, 0.2) is 36.7 Å². The number of carbonyl (C=O) groups excluding carboxylic acids is 1. The van der Waals surface area contributed by atoms with Crippen molar-refractivity contribution in [2.75, 3.05) is 11.9 Å². The summed E-state index contributed by atoms with van der Waals surface area (Å²) < 4.78 is 5.19. The van der Waals surface area contributed by atoms with Crippen LogP contribution >= 0.6 is 0 Å². The highest BCUT2D eigenvalue weighted by molar-refractivity contribution is 5.96. The Morgan fingerprint density at radius 3 is 2.82 bits per heavy atom. The van der Waals surface area contributed by atoms with Gasteiger partial charge in [0, 0.05) is 6.20 Å². The monoisotopic (exact) mass is 296 g/mol. The molecule has 0 spiro atoms. The molecule has 22 heavy (non-hydrogen) atoms. The van der Waals surface area contributed by atoms with Gasteiger partial charge in [-0.3, -0.25) is 4.98 Å². The topological polar surface area (TPSA) is 51.2 Å². The number of ether oxygens (including phenoxy) is 1. The van der Waals surface area contributed by atoms with Crippen LogP contribution < -0.4 is 5.32 Å². The molecule has 0 radical (unpaired) electrons. The van der Waals surface area contributed by atoms with Crippen molar-refractivity contribution in [2.24, 2.45) is 0 Å². The molecule has 2 aromatic rings. The summed E-state index contributed by atoms with van der Waals surface area (Å²) in [6, 6.07) is 8.01. The number of rotatable bonds is 5. The van der Waals surface area contributed by atoms with Gasteiger partial charge in [-0.2, -0.15) is 0 Å². The number of aryl methyl sites for hydroxylation is 1. The second kappa shape index (κ2) is 6.18. The molecule has 4 heteroatoms. The summed E-state index contributed by atoms with van der Waals surface area (Å²) in [4.78, 5) is 16.4. The van der Waals surface area contributed by atoms with E-state index in [2.05, 4.69) is 16.4 Å². The first kappa shape index (κ1) is 14.6. The second-order valence-corrected chi connectivity index (χ2v) is 5.68. The number of hydrogen-bond acceptors (Lipinski definition) is 4. The Morgan fingerprint density at radius 1 is 1.32 bits per heavy atom. The molecule has 1 aromatic carbocycles. The molecule has 0 amide bonds. The molecule has 1 N–H and O–H groups in total. The Hall–Kier alpha value is -2.36. The molecule has 1 saturated carbocycles. The number of esters is 1. The van der Waals surface area contributed by atoms with Gasteiger partial charge in [-0.25, -0.2) is 4.79 Å². The van der Waals surface area contributed by atoms with Gasteiger partial charge in [0.25, 0.3) is 0 Å². The first-order valence-corrected chi connectivity index (χ1v) is 7.67. The van der Waals surface area contributed by atoms with E-state index in [0.29, 0.717) is 18.1 Å². The summed E-state index contributed by atoms with van der Waals surface area (Å²) in [5, 5.41) is 3.28. The van der Waals surface area contributed by atoms with Crippen LogP contribution in [0.1, 0.15) is 47.2 Å². The summed E-state index contributed by atoms with van der Waals surface area (Å²) in [7, 11) is 0. The molecule has 0 atom stereocenters. The second-order valence-electron chi connectivity index (χ2n) is 5.68. The zero-order chi connectivity index (χ0) is 15.5. The molecule has 3 rings (SSSR count). The van der Waals surface area contributed by atoms with Gasteiger partial charge in [0.2, 0.25) is 0 Å². The number of anilines is 2. The molecule has 0 aliphatic heterocycles. The third kappa shape index (κ3) is 3.27. The third-order valence-electron chi connectivity index (χ3n) is 3.74. The first-order chi connectivity index (χ1) is 10.7. The Kier molecular flexibility index (Phi) is 4.09. The van der Waals surface area contributed by atoms with E-state index in [-0.39, 0.29) is 5.97 Å². The maximum Gasteiger partial charge on any atom is 0.340 e. The number of hydrogen-bond donors (Lipinski definition) is 1. The molecular formula is C18H20N2O2. The van der Waals surface area contributed by atoms with Crippen LogP contribution in [0.5, 0.6) is 0 Å². The lowest BCUT2D eigenvalue weighted by molar-refractivity contribution is 0.0527. The van der Waals surface area contributed by atoms with Crippen molar-refractivity contribution in [3.05, 3.63) is 53.3 Å². The van der Waals surface area contributed by atoms with Crippen molar-refractivity contribution in [2.45, 2.75) is 32.6 Å². The summed E-state index contributed by atoms with van der Waals surface area (Å²) in [6.07, 6.45) is 5.96. The highest BCUT2D eigenvalue weighted by Crippen LogP contribution is 2.41. The van der Waals surface area contributed by atoms with E-state index >= 15 is 0 Å². The number of carbonyl (C=O) groups is 1. The van der Waals surface area contributed by atoms with E-state index in [1.54, 1.807) is 12.4 Å². The fraction of sp³-hybridized carbons (Fsp3) is 0.333. The highest BCUT2D eigenvalue weighted by Gasteiger charge is 2.25. The minimum absolute atomic E-state index is 0.284. The van der Waals surface area contributed by atoms with E-state index in [1.165, 1.54) is 18.4 Å². The van der Waals surface area contributed by atoms with Crippen LogP contribution in [0.4, 0.5) is 11.4 Å². The summed E-state index contributed by atoms with van der Waals surface area (Å²) in [5.74, 6) is 0.316. The average Bonchev–Trinajstić information content (AvgIpc) is 3.32. The molecule has 1 fully saturated rings. The van der Waals surface area contributed by atoms with Gasteiger partial charge in [0.15, 0.2) is 0 Å². The quantitative estimate of drug-likeness (QED) is 0.841. The van der Waals surface area contributed by atoms with E-state index in [0.717, 1.165) is 16.9 Å². The predicted octanol–water partition coefficient (Wildman–Crippen LogP) is 4.19. The predicted molar refractivity (Wildman–Crippen MR) is 86.6 cm³/mol. The fourth-order valence-corrected chi connectivity index (χ4v) is 2.50. The maximum atomic E-state index is 12.2. The van der Waals surface area contributed by atoms with Gasteiger partial charge >= 0.3 is 5.97 Å². The van der Waals surface area contributed by atoms with Crippen molar-refractivity contribution in [1.82, 2.24) is 4.98 Å². The minimum atomic E-state index is -0.284. The summed E-state index contributed by atoms with van der Waals surface area (Å²) in [6.45, 7) is 4.18. The number of nitrogens with zero attached hydrogens (tertiary/aromatic N) is 1. The van der Waals surface area contributed by atoms with Gasteiger partial charge in [0.05, 0.1) is 29.7 Å². The Morgan fingerprint density at radius 2 is 2.14 bits per heavy atom. The zero-order valence-corrected chi connectivity index (χ0v) is 12.9. The van der Waals surface area contributed by atoms with E-state index in [1.807, 2.05) is 32.0 Å². The summed E-state index contributed by atoms with van der Waals surface area (Å²) >= 11 is 0. The van der Waals surface area contributed by atoms with Crippen LogP contribution in [0.25, 0.3) is 0 Å². The maximum absolute atomic E-state index is 12.2. The van der Waals surface area contributed by atoms with Crippen molar-refractivity contribution in [3.63, 3.8) is 0 Å². The lowest BCUT2D eigenvalue weighted by Gasteiger charge is -2.13. The fourth-order valence-electron chi connectivity index (χ4n) is 2.50. The molecule has 1 aliphatic carbocycles. The lowest BCUT2D eigenvalue weighted by Crippen LogP contribution is -2.08. The van der Waals surface area contributed by atoms with Crippen LogP contribution in [-0.2, 0) is 4.74 Å². The standard InChI is InChI=1S/C18H20N2O2/c1-3-22-18(21)16-9-14(13-4-5-13)6-7-17(16)20-15-8-12(2)10-19-11-15/h6-11,13,20H,3-5H2,1-2H3. The summed E-state index contributed by atoms with van der Waals surface area (Å²) in [5.41, 5.74) is 4.50. The van der Waals surface area contributed by atoms with Crippen molar-refractivity contribution < 1.29 is 9.53 Å². The third-order valence-corrected chi connectivity index (χ3v) is 3.74. The van der Waals surface area contributed by atoms with Crippen LogP contribution in [-0.4, -0.2) is 17.6 Å². The van der Waals surface area contributed by atoms with Crippen LogP contribution in [0.2, 0.25) is 0 Å². The Labute approximate surface area is 130 Å². The van der Waals surface area contributed by atoms with Crippen molar-refractivity contribution in [1.29, 1.82) is 0 Å².